The van der Waals surface area contributed by atoms with E-state index in [1.165, 1.54) is 12.4 Å². The highest BCUT2D eigenvalue weighted by atomic mass is 16.2. The molecule has 1 unspecified atom stereocenters. The number of nitrogens with one attached hydrogen (secondary N) is 1. The molecule has 9 heteroatoms. The molecule has 0 radical (unpaired) electrons. The van der Waals surface area contributed by atoms with E-state index in [-0.39, 0.29) is 18.0 Å². The molecule has 140 valence electrons. The van der Waals surface area contributed by atoms with Gasteiger partial charge >= 0.3 is 0 Å². The third-order valence-corrected chi connectivity index (χ3v) is 4.09. The lowest BCUT2D eigenvalue weighted by atomic mass is 10.3. The van der Waals surface area contributed by atoms with Crippen molar-refractivity contribution < 1.29 is 4.79 Å². The van der Waals surface area contributed by atoms with E-state index in [0.29, 0.717) is 11.5 Å². The standard InChI is InChI=1S/C18H21N7O2/c1-11-8-15(21-10-20-11)9-19-18(27)14(4)25-17(26)6-5-16(23-25)24-13(3)7-12(2)22-24/h5-8,10,14H,9H2,1-4H3,(H,19,27). The molecule has 0 aliphatic heterocycles. The quantitative estimate of drug-likeness (QED) is 0.721. The molecule has 9 nitrogen and oxygen atoms in total. The number of carbonyl (C=O) groups is 1. The first-order chi connectivity index (χ1) is 12.8. The summed E-state index contributed by atoms with van der Waals surface area (Å²) in [6.45, 7) is 7.50. The van der Waals surface area contributed by atoms with Crippen LogP contribution in [0.1, 0.15) is 35.7 Å². The number of amides is 1. The van der Waals surface area contributed by atoms with E-state index in [2.05, 4.69) is 25.5 Å². The molecule has 1 atom stereocenters. The van der Waals surface area contributed by atoms with Gasteiger partial charge in [0.2, 0.25) is 5.91 Å². The minimum atomic E-state index is -0.780. The van der Waals surface area contributed by atoms with Crippen molar-refractivity contribution in [1.82, 2.24) is 34.8 Å². The second-order valence-corrected chi connectivity index (χ2v) is 6.36. The van der Waals surface area contributed by atoms with E-state index in [1.807, 2.05) is 26.8 Å². The van der Waals surface area contributed by atoms with Gasteiger partial charge in [-0.25, -0.2) is 19.3 Å². The number of aryl methyl sites for hydroxylation is 3. The van der Waals surface area contributed by atoms with Crippen molar-refractivity contribution in [1.29, 1.82) is 0 Å². The maximum absolute atomic E-state index is 12.5. The fourth-order valence-electron chi connectivity index (χ4n) is 2.71. The summed E-state index contributed by atoms with van der Waals surface area (Å²) in [5.41, 5.74) is 2.89. The van der Waals surface area contributed by atoms with Crippen molar-refractivity contribution in [2.75, 3.05) is 0 Å². The van der Waals surface area contributed by atoms with Gasteiger partial charge in [0.25, 0.3) is 5.56 Å². The number of carbonyl (C=O) groups excluding carboxylic acids is 1. The molecule has 0 aliphatic carbocycles. The molecular weight excluding hydrogens is 346 g/mol. The van der Waals surface area contributed by atoms with Crippen LogP contribution in [0.2, 0.25) is 0 Å². The second-order valence-electron chi connectivity index (χ2n) is 6.36. The average Bonchev–Trinajstić information content (AvgIpc) is 2.98. The van der Waals surface area contributed by atoms with Gasteiger partial charge in [-0.15, -0.1) is 5.10 Å². The van der Waals surface area contributed by atoms with Crippen LogP contribution < -0.4 is 10.9 Å². The van der Waals surface area contributed by atoms with Gasteiger partial charge in [-0.05, 0) is 45.9 Å². The topological polar surface area (TPSA) is 108 Å². The van der Waals surface area contributed by atoms with Gasteiger partial charge in [0.05, 0.1) is 17.9 Å². The summed E-state index contributed by atoms with van der Waals surface area (Å²) >= 11 is 0. The highest BCUT2D eigenvalue weighted by Gasteiger charge is 2.18. The van der Waals surface area contributed by atoms with Crippen LogP contribution in [0.4, 0.5) is 0 Å². The highest BCUT2D eigenvalue weighted by molar-refractivity contribution is 5.79. The molecule has 27 heavy (non-hydrogen) atoms. The first-order valence-corrected chi connectivity index (χ1v) is 8.54. The van der Waals surface area contributed by atoms with E-state index in [1.54, 1.807) is 23.7 Å². The summed E-state index contributed by atoms with van der Waals surface area (Å²) in [5, 5.41) is 11.5. The van der Waals surface area contributed by atoms with Gasteiger partial charge in [0.15, 0.2) is 5.82 Å². The molecule has 0 spiro atoms. The van der Waals surface area contributed by atoms with Gasteiger partial charge in [-0.3, -0.25) is 9.59 Å². The lowest BCUT2D eigenvalue weighted by Crippen LogP contribution is -2.37. The molecule has 0 saturated carbocycles. The predicted octanol–water partition coefficient (Wildman–Crippen LogP) is 1.02. The van der Waals surface area contributed by atoms with Crippen LogP contribution in [0.15, 0.2) is 35.4 Å². The molecule has 1 amide bonds. The molecule has 0 saturated heterocycles. The molecule has 3 aromatic rings. The zero-order valence-electron chi connectivity index (χ0n) is 15.7. The molecule has 0 aliphatic rings. The van der Waals surface area contributed by atoms with Gasteiger partial charge in [-0.2, -0.15) is 5.10 Å². The molecule has 3 heterocycles. The molecule has 0 bridgehead atoms. The highest BCUT2D eigenvalue weighted by Crippen LogP contribution is 2.09. The fourth-order valence-corrected chi connectivity index (χ4v) is 2.71. The lowest BCUT2D eigenvalue weighted by molar-refractivity contribution is -0.124. The SMILES string of the molecule is Cc1cc(CNC(=O)C(C)n2nc(-n3nc(C)cc3C)ccc2=O)ncn1. The number of rotatable bonds is 5. The Bertz CT molecular complexity index is 1040. The monoisotopic (exact) mass is 367 g/mol. The minimum absolute atomic E-state index is 0.248. The van der Waals surface area contributed by atoms with Gasteiger partial charge < -0.3 is 5.32 Å². The van der Waals surface area contributed by atoms with Crippen molar-refractivity contribution >= 4 is 5.91 Å². The van der Waals surface area contributed by atoms with Gasteiger partial charge in [-0.1, -0.05) is 0 Å². The van der Waals surface area contributed by atoms with Crippen LogP contribution in [-0.4, -0.2) is 35.4 Å². The maximum Gasteiger partial charge on any atom is 0.267 e. The van der Waals surface area contributed by atoms with Crippen LogP contribution >= 0.6 is 0 Å². The average molecular weight is 367 g/mol. The molecule has 3 aromatic heterocycles. The Kier molecular flexibility index (Phi) is 5.11. The Hall–Kier alpha value is -3.36. The second kappa shape index (κ2) is 7.48. The number of nitrogens with zero attached hydrogens (tertiary/aromatic N) is 6. The fraction of sp³-hybridized carbons (Fsp3) is 0.333. The Morgan fingerprint density at radius 3 is 2.56 bits per heavy atom. The normalized spacial score (nSPS) is 12.0. The van der Waals surface area contributed by atoms with Crippen molar-refractivity contribution in [3.63, 3.8) is 0 Å². The smallest absolute Gasteiger partial charge is 0.267 e. The van der Waals surface area contributed by atoms with Crippen molar-refractivity contribution in [3.05, 3.63) is 63.7 Å². The molecular formula is C18H21N7O2. The van der Waals surface area contributed by atoms with E-state index >= 15 is 0 Å². The maximum atomic E-state index is 12.5. The van der Waals surface area contributed by atoms with Crippen LogP contribution in [0.3, 0.4) is 0 Å². The van der Waals surface area contributed by atoms with Crippen molar-refractivity contribution in [3.8, 4) is 5.82 Å². The Balaban J connectivity index is 1.80. The lowest BCUT2D eigenvalue weighted by Gasteiger charge is -2.15. The van der Waals surface area contributed by atoms with Crippen molar-refractivity contribution in [2.24, 2.45) is 0 Å². The summed E-state index contributed by atoms with van der Waals surface area (Å²) < 4.78 is 2.80. The predicted molar refractivity (Wildman–Crippen MR) is 98.4 cm³/mol. The van der Waals surface area contributed by atoms with Gasteiger partial charge in [0.1, 0.15) is 12.4 Å². The summed E-state index contributed by atoms with van der Waals surface area (Å²) in [7, 11) is 0. The molecule has 3 rings (SSSR count). The summed E-state index contributed by atoms with van der Waals surface area (Å²) in [5.74, 6) is 0.151. The first-order valence-electron chi connectivity index (χ1n) is 8.54. The first kappa shape index (κ1) is 18.4. The number of hydrogen-bond acceptors (Lipinski definition) is 6. The minimum Gasteiger partial charge on any atom is -0.349 e. The summed E-state index contributed by atoms with van der Waals surface area (Å²) in [6, 6.07) is 5.90. The Morgan fingerprint density at radius 2 is 1.89 bits per heavy atom. The van der Waals surface area contributed by atoms with Crippen LogP contribution in [0.5, 0.6) is 0 Å². The van der Waals surface area contributed by atoms with Crippen molar-refractivity contribution in [2.45, 2.75) is 40.3 Å². The zero-order chi connectivity index (χ0) is 19.6. The van der Waals surface area contributed by atoms with E-state index in [4.69, 9.17) is 0 Å². The zero-order valence-corrected chi connectivity index (χ0v) is 15.7. The Labute approximate surface area is 156 Å². The number of aromatic nitrogens is 6. The summed E-state index contributed by atoms with van der Waals surface area (Å²) in [6.07, 6.45) is 1.45. The molecule has 0 fully saturated rings. The Morgan fingerprint density at radius 1 is 1.11 bits per heavy atom. The number of hydrogen-bond donors (Lipinski definition) is 1. The van der Waals surface area contributed by atoms with E-state index < -0.39 is 6.04 Å². The van der Waals surface area contributed by atoms with Crippen LogP contribution in [0.25, 0.3) is 5.82 Å². The van der Waals surface area contributed by atoms with Crippen LogP contribution in [0, 0.1) is 20.8 Å². The van der Waals surface area contributed by atoms with E-state index in [9.17, 15) is 9.59 Å². The third-order valence-electron chi connectivity index (χ3n) is 4.09. The largest absolute Gasteiger partial charge is 0.349 e. The van der Waals surface area contributed by atoms with E-state index in [0.717, 1.165) is 21.8 Å². The van der Waals surface area contributed by atoms with Gasteiger partial charge in [0, 0.05) is 17.5 Å². The molecule has 1 N–H and O–H groups in total. The molecule has 0 aromatic carbocycles. The van der Waals surface area contributed by atoms with Crippen LogP contribution in [-0.2, 0) is 11.3 Å². The summed E-state index contributed by atoms with van der Waals surface area (Å²) in [4.78, 5) is 32.9. The third kappa shape index (κ3) is 4.08.